The molecule has 0 amide bonds. The van der Waals surface area contributed by atoms with Crippen LogP contribution in [0.2, 0.25) is 0 Å². The molecule has 2 rings (SSSR count). The number of carbonyl (C=O) groups excluding carboxylic acids is 2. The first-order valence-electron chi connectivity index (χ1n) is 13.5. The van der Waals surface area contributed by atoms with Gasteiger partial charge in [0.1, 0.15) is 0 Å². The number of nitriles is 1. The number of aryl methyl sites for hydroxylation is 2. The minimum atomic E-state index is -1.19. The quantitative estimate of drug-likeness (QED) is 0.143. The predicted octanol–water partition coefficient (Wildman–Crippen LogP) is 4.58. The van der Waals surface area contributed by atoms with Crippen molar-refractivity contribution in [3.05, 3.63) is 41.2 Å². The molecule has 40 heavy (non-hydrogen) atoms. The van der Waals surface area contributed by atoms with Crippen LogP contribution in [0.15, 0.2) is 24.4 Å². The van der Waals surface area contributed by atoms with Crippen LogP contribution < -0.4 is 5.32 Å². The van der Waals surface area contributed by atoms with Gasteiger partial charge in [-0.15, -0.1) is 5.10 Å². The lowest BCUT2D eigenvalue weighted by Crippen LogP contribution is -2.27. The molecule has 1 N–H and O–H groups in total. The maximum absolute atomic E-state index is 12.3. The molecule has 0 aliphatic rings. The summed E-state index contributed by atoms with van der Waals surface area (Å²) in [6.07, 6.45) is 5.56. The van der Waals surface area contributed by atoms with Crippen molar-refractivity contribution in [2.45, 2.75) is 65.5 Å². The first kappa shape index (κ1) is 33.1. The number of hydrogen-bond donors (Lipinski definition) is 1. The highest BCUT2D eigenvalue weighted by Gasteiger charge is 2.23. The van der Waals surface area contributed by atoms with Gasteiger partial charge in [-0.1, -0.05) is 18.2 Å². The standard InChI is InChI=1S/C27H41N6O6P/c1-6-33(21(2)3)40(39-19-10-15-28)38-18-8-7-12-22-20-32(31-30-22)17-11-16-29-24-14-9-13-23(26(34)36-4)25(24)27(35)37-5/h9,13-14,20-21,29H,6-8,10-12,16-19H2,1-5H3. The van der Waals surface area contributed by atoms with E-state index in [4.69, 9.17) is 23.8 Å². The number of hydrogen-bond acceptors (Lipinski definition) is 11. The molecule has 0 aliphatic heterocycles. The van der Waals surface area contributed by atoms with E-state index in [9.17, 15) is 9.59 Å². The molecule has 0 bridgehead atoms. The van der Waals surface area contributed by atoms with E-state index in [1.54, 1.807) is 16.8 Å². The highest BCUT2D eigenvalue weighted by atomic mass is 31.2. The topological polar surface area (TPSA) is 141 Å². The number of benzene rings is 1. The van der Waals surface area contributed by atoms with Crippen molar-refractivity contribution in [1.82, 2.24) is 19.7 Å². The summed E-state index contributed by atoms with van der Waals surface area (Å²) >= 11 is 0. The lowest BCUT2D eigenvalue weighted by atomic mass is 10.1. The van der Waals surface area contributed by atoms with E-state index in [0.29, 0.717) is 44.5 Å². The summed E-state index contributed by atoms with van der Waals surface area (Å²) < 4.78 is 25.5. The van der Waals surface area contributed by atoms with Gasteiger partial charge in [0.25, 0.3) is 8.53 Å². The van der Waals surface area contributed by atoms with Crippen molar-refractivity contribution < 1.29 is 28.1 Å². The first-order valence-corrected chi connectivity index (χ1v) is 14.6. The largest absolute Gasteiger partial charge is 0.465 e. The Morgan fingerprint density at radius 2 is 1.88 bits per heavy atom. The van der Waals surface area contributed by atoms with Crippen LogP contribution in [-0.4, -0.2) is 78.2 Å². The highest BCUT2D eigenvalue weighted by molar-refractivity contribution is 7.44. The summed E-state index contributed by atoms with van der Waals surface area (Å²) in [7, 11) is 1.35. The lowest BCUT2D eigenvalue weighted by Gasteiger charge is -2.31. The zero-order chi connectivity index (χ0) is 29.3. The third-order valence-electron chi connectivity index (χ3n) is 5.90. The number of ether oxygens (including phenoxy) is 2. The molecule has 1 heterocycles. The van der Waals surface area contributed by atoms with E-state index >= 15 is 0 Å². The van der Waals surface area contributed by atoms with Crippen LogP contribution in [0.3, 0.4) is 0 Å². The van der Waals surface area contributed by atoms with Crippen LogP contribution >= 0.6 is 8.53 Å². The Balaban J connectivity index is 1.78. The number of nitrogens with one attached hydrogen (secondary N) is 1. The van der Waals surface area contributed by atoms with Gasteiger partial charge in [0, 0.05) is 37.6 Å². The van der Waals surface area contributed by atoms with Crippen molar-refractivity contribution >= 4 is 26.2 Å². The van der Waals surface area contributed by atoms with E-state index in [2.05, 4.69) is 47.1 Å². The van der Waals surface area contributed by atoms with Gasteiger partial charge in [0.15, 0.2) is 0 Å². The van der Waals surface area contributed by atoms with Crippen molar-refractivity contribution in [2.75, 3.05) is 45.8 Å². The number of unbranched alkanes of at least 4 members (excludes halogenated alkanes) is 1. The average Bonchev–Trinajstić information content (AvgIpc) is 3.41. The van der Waals surface area contributed by atoms with E-state index in [-0.39, 0.29) is 11.1 Å². The Morgan fingerprint density at radius 3 is 2.55 bits per heavy atom. The van der Waals surface area contributed by atoms with Crippen LogP contribution in [0.4, 0.5) is 5.69 Å². The molecule has 1 aromatic carbocycles. The van der Waals surface area contributed by atoms with E-state index in [0.717, 1.165) is 37.9 Å². The molecule has 0 spiro atoms. The molecule has 1 unspecified atom stereocenters. The van der Waals surface area contributed by atoms with Crippen LogP contribution in [-0.2, 0) is 31.5 Å². The SMILES string of the molecule is CCN(C(C)C)P(OCCC#N)OCCCCc1cn(CCCNc2cccc(C(=O)OC)c2C(=O)OC)nn1. The summed E-state index contributed by atoms with van der Waals surface area (Å²) in [4.78, 5) is 24.4. The summed E-state index contributed by atoms with van der Waals surface area (Å²) in [5.74, 6) is -1.21. The average molecular weight is 577 g/mol. The molecule has 0 saturated heterocycles. The minimum absolute atomic E-state index is 0.149. The summed E-state index contributed by atoms with van der Waals surface area (Å²) in [5, 5.41) is 20.5. The molecule has 13 heteroatoms. The molecule has 0 saturated carbocycles. The molecule has 1 atom stereocenters. The summed E-state index contributed by atoms with van der Waals surface area (Å²) in [5.41, 5.74) is 1.72. The van der Waals surface area contributed by atoms with Gasteiger partial charge in [-0.3, -0.25) is 4.68 Å². The molecule has 0 fully saturated rings. The fourth-order valence-electron chi connectivity index (χ4n) is 3.90. The summed E-state index contributed by atoms with van der Waals surface area (Å²) in [6.45, 7) is 9.25. The fourth-order valence-corrected chi connectivity index (χ4v) is 5.42. The minimum Gasteiger partial charge on any atom is -0.465 e. The third kappa shape index (κ3) is 10.5. The zero-order valence-electron chi connectivity index (χ0n) is 24.1. The van der Waals surface area contributed by atoms with Crippen molar-refractivity contribution in [3.8, 4) is 6.07 Å². The van der Waals surface area contributed by atoms with E-state index in [1.807, 2.05) is 6.20 Å². The second-order valence-corrected chi connectivity index (χ2v) is 10.6. The van der Waals surface area contributed by atoms with Crippen LogP contribution in [0.25, 0.3) is 0 Å². The second kappa shape index (κ2) is 18.3. The Morgan fingerprint density at radius 1 is 1.12 bits per heavy atom. The van der Waals surface area contributed by atoms with Crippen molar-refractivity contribution in [3.63, 3.8) is 0 Å². The van der Waals surface area contributed by atoms with Gasteiger partial charge in [0.05, 0.1) is 56.7 Å². The zero-order valence-corrected chi connectivity index (χ0v) is 25.0. The first-order chi connectivity index (χ1) is 19.4. The Kier molecular flexibility index (Phi) is 15.1. The number of esters is 2. The molecule has 0 aliphatic carbocycles. The van der Waals surface area contributed by atoms with Crippen LogP contribution in [0, 0.1) is 11.3 Å². The Labute approximate surface area is 237 Å². The van der Waals surface area contributed by atoms with Gasteiger partial charge < -0.3 is 23.8 Å². The van der Waals surface area contributed by atoms with Crippen molar-refractivity contribution in [2.24, 2.45) is 0 Å². The molecular weight excluding hydrogens is 535 g/mol. The van der Waals surface area contributed by atoms with Crippen LogP contribution in [0.5, 0.6) is 0 Å². The fraction of sp³-hybridized carbons (Fsp3) is 0.593. The number of anilines is 1. The number of methoxy groups -OCH3 is 2. The van der Waals surface area contributed by atoms with Gasteiger partial charge >= 0.3 is 11.9 Å². The Hall–Kier alpha value is -3.10. The maximum atomic E-state index is 12.3. The number of carbonyl (C=O) groups is 2. The number of nitrogens with zero attached hydrogens (tertiary/aromatic N) is 5. The molecule has 0 radical (unpaired) electrons. The smallest absolute Gasteiger partial charge is 0.340 e. The lowest BCUT2D eigenvalue weighted by molar-refractivity contribution is 0.0556. The molecule has 1 aromatic heterocycles. The number of rotatable bonds is 19. The normalized spacial score (nSPS) is 11.8. The predicted molar refractivity (Wildman–Crippen MR) is 152 cm³/mol. The molecular formula is C27H41N6O6P. The third-order valence-corrected chi connectivity index (χ3v) is 7.87. The molecule has 220 valence electrons. The van der Waals surface area contributed by atoms with Gasteiger partial charge in [-0.25, -0.2) is 14.3 Å². The number of aromatic nitrogens is 3. The second-order valence-electron chi connectivity index (χ2n) is 9.08. The molecule has 12 nitrogen and oxygen atoms in total. The Bertz CT molecular complexity index is 1110. The molecule has 2 aromatic rings. The maximum Gasteiger partial charge on any atom is 0.340 e. The highest BCUT2D eigenvalue weighted by Crippen LogP contribution is 2.44. The van der Waals surface area contributed by atoms with Gasteiger partial charge in [-0.05, 0) is 51.7 Å². The van der Waals surface area contributed by atoms with Crippen molar-refractivity contribution in [1.29, 1.82) is 5.26 Å². The van der Waals surface area contributed by atoms with E-state index in [1.165, 1.54) is 20.3 Å². The van der Waals surface area contributed by atoms with Gasteiger partial charge in [0.2, 0.25) is 0 Å². The summed E-state index contributed by atoms with van der Waals surface area (Å²) in [6, 6.07) is 7.34. The monoisotopic (exact) mass is 576 g/mol. The van der Waals surface area contributed by atoms with E-state index < -0.39 is 20.5 Å². The van der Waals surface area contributed by atoms with Gasteiger partial charge in [-0.2, -0.15) is 5.26 Å². The van der Waals surface area contributed by atoms with Crippen LogP contribution in [0.1, 0.15) is 72.9 Å².